The number of halogens is 3. The van der Waals surface area contributed by atoms with Crippen LogP contribution < -0.4 is 56.3 Å². The Morgan fingerprint density at radius 1 is 0.667 bits per heavy atom. The van der Waals surface area contributed by atoms with Gasteiger partial charge in [-0.05, 0) is 48.1 Å². The summed E-state index contributed by atoms with van der Waals surface area (Å²) in [6, 6.07) is 17.8. The molecule has 42 heavy (non-hydrogen) atoms. The zero-order chi connectivity index (χ0) is 26.2. The van der Waals surface area contributed by atoms with Gasteiger partial charge in [0.15, 0.2) is 17.0 Å². The summed E-state index contributed by atoms with van der Waals surface area (Å²) in [5, 5.41) is 0. The molecule has 6 rings (SSSR count). The van der Waals surface area contributed by atoms with Gasteiger partial charge < -0.3 is 61.3 Å². The third-order valence-electron chi connectivity index (χ3n) is 6.49. The van der Waals surface area contributed by atoms with Crippen LogP contribution in [0.2, 0.25) is 0 Å². The Morgan fingerprint density at radius 2 is 1.24 bits per heavy atom. The smallest absolute Gasteiger partial charge is 1.00 e. The van der Waals surface area contributed by atoms with E-state index in [1.54, 1.807) is 33.2 Å². The van der Waals surface area contributed by atoms with Gasteiger partial charge in [0.25, 0.3) is 0 Å². The van der Waals surface area contributed by atoms with Gasteiger partial charge in [-0.15, -0.1) is 0 Å². The number of methoxy groups -OCH3 is 3. The number of hydrogen-bond donors (Lipinski definition) is 1. The normalized spacial score (nSPS) is 10.9. The van der Waals surface area contributed by atoms with Gasteiger partial charge in [0.2, 0.25) is 0 Å². The van der Waals surface area contributed by atoms with Crippen molar-refractivity contribution in [1.29, 1.82) is 0 Å². The molecule has 1 N–H and O–H groups in total. The quantitative estimate of drug-likeness (QED) is 0.196. The second-order valence-corrected chi connectivity index (χ2v) is 8.71. The van der Waals surface area contributed by atoms with E-state index < -0.39 is 0 Å². The van der Waals surface area contributed by atoms with E-state index in [9.17, 15) is 0 Å². The van der Waals surface area contributed by atoms with Gasteiger partial charge in [-0.1, -0.05) is 30.3 Å². The standard InChI is InChI=1S/C30H26N4O4.3ClH.Fe/c1-35-25-17-23-15-21-11-10-19(31-21)14-20-12-13-22(32-20)16-24-26(18-8-6-5-7-9-18)29(36-2)28(34(24)38-4)30(37-3)27(25)33-23;;;;/h5-17,33H,1-4H3;3*1H;/q;;;;+3/p-3. The number of fused-ring (bicyclic) bond motifs is 8. The first-order valence-corrected chi connectivity index (χ1v) is 12.1. The SMILES string of the molecule is COc1cc2cc3nc(cc4nc(cc5c(-c6ccccc6)c(OC)c(c(OC)c1[nH]2)n5OC)C=C4)C=C3.[Cl-].[Cl-].[Cl-].[Fe+3]. The molecule has 0 saturated carbocycles. The molecule has 0 spiro atoms. The second kappa shape index (κ2) is 14.5. The number of aromatic amines is 1. The van der Waals surface area contributed by atoms with Crippen LogP contribution in [0.1, 0.15) is 22.8 Å². The average molecular weight is 669 g/mol. The van der Waals surface area contributed by atoms with Gasteiger partial charge in [-0.2, -0.15) is 4.73 Å². The van der Waals surface area contributed by atoms with Gasteiger partial charge in [-0.25, -0.2) is 9.97 Å². The average Bonchev–Trinajstić information content (AvgIpc) is 3.72. The van der Waals surface area contributed by atoms with Crippen molar-refractivity contribution in [2.24, 2.45) is 0 Å². The van der Waals surface area contributed by atoms with Crippen molar-refractivity contribution in [3.8, 4) is 28.4 Å². The van der Waals surface area contributed by atoms with Crippen molar-refractivity contribution in [2.45, 2.75) is 0 Å². The summed E-state index contributed by atoms with van der Waals surface area (Å²) in [6.07, 6.45) is 7.87. The molecule has 219 valence electrons. The summed E-state index contributed by atoms with van der Waals surface area (Å²) in [5.74, 6) is 1.69. The van der Waals surface area contributed by atoms with Gasteiger partial charge in [-0.3, -0.25) is 0 Å². The summed E-state index contributed by atoms with van der Waals surface area (Å²) >= 11 is 0. The molecular weight excluding hydrogens is 643 g/mol. The van der Waals surface area contributed by atoms with E-state index in [2.05, 4.69) is 4.98 Å². The Balaban J connectivity index is 0.00000154. The molecule has 1 radical (unpaired) electrons. The number of hydrogen-bond acceptors (Lipinski definition) is 6. The van der Waals surface area contributed by atoms with Crippen molar-refractivity contribution in [3.05, 3.63) is 77.4 Å². The van der Waals surface area contributed by atoms with Crippen LogP contribution in [0.25, 0.3) is 57.5 Å². The molecule has 12 heteroatoms. The molecular formula is C30H26Cl3FeN4O4. The summed E-state index contributed by atoms with van der Waals surface area (Å²) < 4.78 is 19.5. The molecule has 2 aliphatic rings. The fourth-order valence-electron chi connectivity index (χ4n) is 4.89. The van der Waals surface area contributed by atoms with Crippen molar-refractivity contribution >= 4 is 46.4 Å². The molecule has 5 heterocycles. The molecule has 0 atom stereocenters. The van der Waals surface area contributed by atoms with Crippen LogP contribution in [0.5, 0.6) is 17.2 Å². The Morgan fingerprint density at radius 3 is 1.79 bits per heavy atom. The molecule has 0 fully saturated rings. The minimum absolute atomic E-state index is 0. The monoisotopic (exact) mass is 667 g/mol. The fraction of sp³-hybridized carbons (Fsp3) is 0.133. The molecule has 0 unspecified atom stereocenters. The largest absolute Gasteiger partial charge is 3.00 e. The van der Waals surface area contributed by atoms with E-state index in [0.29, 0.717) is 28.3 Å². The molecule has 0 saturated heterocycles. The number of nitrogens with one attached hydrogen (secondary N) is 1. The molecule has 1 aromatic carbocycles. The van der Waals surface area contributed by atoms with Crippen LogP contribution in [0.3, 0.4) is 0 Å². The minimum Gasteiger partial charge on any atom is -1.00 e. The van der Waals surface area contributed by atoms with Gasteiger partial charge >= 0.3 is 17.1 Å². The van der Waals surface area contributed by atoms with E-state index in [1.165, 1.54) is 0 Å². The van der Waals surface area contributed by atoms with E-state index >= 15 is 0 Å². The van der Waals surface area contributed by atoms with Crippen molar-refractivity contribution in [3.63, 3.8) is 0 Å². The van der Waals surface area contributed by atoms with Crippen LogP contribution in [0, 0.1) is 0 Å². The van der Waals surface area contributed by atoms with Gasteiger partial charge in [0.1, 0.15) is 18.4 Å². The predicted octanol–water partition coefficient (Wildman–Crippen LogP) is -3.11. The molecule has 8 nitrogen and oxygen atoms in total. The van der Waals surface area contributed by atoms with Crippen LogP contribution in [-0.2, 0) is 17.1 Å². The Hall–Kier alpha value is -3.59. The van der Waals surface area contributed by atoms with Crippen molar-refractivity contribution in [2.75, 3.05) is 28.4 Å². The third-order valence-corrected chi connectivity index (χ3v) is 6.49. The maximum Gasteiger partial charge on any atom is 3.00 e. The maximum atomic E-state index is 6.06. The van der Waals surface area contributed by atoms with E-state index in [4.69, 9.17) is 29.0 Å². The Labute approximate surface area is 272 Å². The number of ether oxygens (including phenoxy) is 3. The molecule has 3 aromatic heterocycles. The van der Waals surface area contributed by atoms with E-state index in [0.717, 1.165) is 44.9 Å². The number of benzene rings is 1. The van der Waals surface area contributed by atoms with Gasteiger partial charge in [0.05, 0.1) is 55.2 Å². The minimum atomic E-state index is 0. The molecule has 4 aromatic rings. The summed E-state index contributed by atoms with van der Waals surface area (Å²) in [4.78, 5) is 19.0. The molecule has 0 aliphatic carbocycles. The van der Waals surface area contributed by atoms with Crippen LogP contribution in [0.15, 0.2) is 54.6 Å². The number of rotatable bonds is 5. The fourth-order valence-corrected chi connectivity index (χ4v) is 4.89. The van der Waals surface area contributed by atoms with Crippen molar-refractivity contribution < 1.29 is 73.3 Å². The summed E-state index contributed by atoms with van der Waals surface area (Å²) in [7, 11) is 6.49. The predicted molar refractivity (Wildman–Crippen MR) is 150 cm³/mol. The number of nitrogens with zero attached hydrogens (tertiary/aromatic N) is 3. The summed E-state index contributed by atoms with van der Waals surface area (Å²) in [6.45, 7) is 0. The molecule has 8 bridgehead atoms. The van der Waals surface area contributed by atoms with Crippen LogP contribution in [0.4, 0.5) is 0 Å². The van der Waals surface area contributed by atoms with Crippen LogP contribution >= 0.6 is 0 Å². The Kier molecular flexibility index (Phi) is 12.0. The molecule has 2 aliphatic heterocycles. The van der Waals surface area contributed by atoms with E-state index in [1.807, 2.05) is 78.9 Å². The Bertz CT molecular complexity index is 1790. The van der Waals surface area contributed by atoms with E-state index in [-0.39, 0.29) is 54.3 Å². The van der Waals surface area contributed by atoms with Crippen LogP contribution in [-0.4, -0.2) is 48.1 Å². The number of H-pyrrole nitrogens is 1. The molecule has 0 amide bonds. The first-order chi connectivity index (χ1) is 18.6. The zero-order valence-electron chi connectivity index (χ0n) is 23.0. The zero-order valence-corrected chi connectivity index (χ0v) is 26.3. The summed E-state index contributed by atoms with van der Waals surface area (Å²) in [5.41, 5.74) is 7.80. The van der Waals surface area contributed by atoms with Gasteiger partial charge in [0, 0.05) is 11.6 Å². The van der Waals surface area contributed by atoms with Crippen molar-refractivity contribution in [1.82, 2.24) is 19.7 Å². The second-order valence-electron chi connectivity index (χ2n) is 8.71. The topological polar surface area (TPSA) is 83.4 Å². The first-order valence-electron chi connectivity index (χ1n) is 12.1. The maximum absolute atomic E-state index is 6.06. The number of aromatic nitrogens is 4. The first kappa shape index (κ1) is 34.6. The third kappa shape index (κ3) is 6.11.